The number of amides is 1. The first-order chi connectivity index (χ1) is 7.15. The molecule has 0 aromatic heterocycles. The molecule has 0 saturated carbocycles. The summed E-state index contributed by atoms with van der Waals surface area (Å²) < 4.78 is 0. The molecule has 0 fully saturated rings. The number of carbonyl (C=O) groups is 2. The smallest absolute Gasteiger partial charge is 0.211 e. The minimum absolute atomic E-state index is 0.126. The van der Waals surface area contributed by atoms with Gasteiger partial charge in [0.25, 0.3) is 0 Å². The lowest BCUT2D eigenvalue weighted by Crippen LogP contribution is -1.96. The van der Waals surface area contributed by atoms with Gasteiger partial charge >= 0.3 is 0 Å². The molecule has 0 heterocycles. The van der Waals surface area contributed by atoms with Crippen LogP contribution in [0.1, 0.15) is 31.1 Å². The number of anilines is 1. The Balaban J connectivity index is 0.000000921. The maximum absolute atomic E-state index is 10.9. The number of ketones is 1. The molecule has 0 aliphatic heterocycles. The van der Waals surface area contributed by atoms with Crippen molar-refractivity contribution in [1.82, 2.24) is 0 Å². The van der Waals surface area contributed by atoms with E-state index in [4.69, 9.17) is 0 Å². The Morgan fingerprint density at radius 1 is 1.40 bits per heavy atom. The van der Waals surface area contributed by atoms with Gasteiger partial charge in [0.05, 0.1) is 5.56 Å². The first kappa shape index (κ1) is 13.2. The maximum Gasteiger partial charge on any atom is 0.211 e. The van der Waals surface area contributed by atoms with Crippen molar-refractivity contribution in [1.29, 1.82) is 0 Å². The fraction of sp³-hybridized carbons (Fsp3) is 0.273. The van der Waals surface area contributed by atoms with Gasteiger partial charge < -0.3 is 10.4 Å². The van der Waals surface area contributed by atoms with Crippen LogP contribution in [0.2, 0.25) is 0 Å². The zero-order valence-electron chi connectivity index (χ0n) is 9.07. The second-order valence-corrected chi connectivity index (χ2v) is 2.55. The molecule has 4 heteroatoms. The molecule has 2 N–H and O–H groups in total. The lowest BCUT2D eigenvalue weighted by atomic mass is 10.1. The highest BCUT2D eigenvalue weighted by Crippen LogP contribution is 2.21. The quantitative estimate of drug-likeness (QED) is 0.592. The number of nitrogens with one attached hydrogen (secondary N) is 1. The largest absolute Gasteiger partial charge is 0.507 e. The number of hydrogen-bond acceptors (Lipinski definition) is 3. The molecule has 15 heavy (non-hydrogen) atoms. The van der Waals surface area contributed by atoms with Gasteiger partial charge in [-0.2, -0.15) is 0 Å². The SMILES string of the molecule is CC.CC(=O)c1ccc(NC=O)cc1O. The van der Waals surface area contributed by atoms with Crippen molar-refractivity contribution in [3.05, 3.63) is 23.8 Å². The van der Waals surface area contributed by atoms with Gasteiger partial charge in [-0.15, -0.1) is 0 Å². The average Bonchev–Trinajstić information content (AvgIpc) is 2.21. The van der Waals surface area contributed by atoms with Gasteiger partial charge in [-0.3, -0.25) is 9.59 Å². The first-order valence-electron chi connectivity index (χ1n) is 4.69. The molecule has 1 amide bonds. The number of aromatic hydroxyl groups is 1. The molecule has 0 aliphatic carbocycles. The van der Waals surface area contributed by atoms with Crippen molar-refractivity contribution in [3.63, 3.8) is 0 Å². The van der Waals surface area contributed by atoms with E-state index in [0.717, 1.165) is 0 Å². The zero-order valence-corrected chi connectivity index (χ0v) is 9.07. The Morgan fingerprint density at radius 3 is 2.40 bits per heavy atom. The molecule has 1 rings (SSSR count). The Bertz CT molecular complexity index is 348. The van der Waals surface area contributed by atoms with E-state index in [-0.39, 0.29) is 17.1 Å². The standard InChI is InChI=1S/C9H9NO3.C2H6/c1-6(12)8-3-2-7(10-5-11)4-9(8)13;1-2/h2-5,13H,1H3,(H,10,11);1-2H3. The summed E-state index contributed by atoms with van der Waals surface area (Å²) in [6, 6.07) is 4.33. The van der Waals surface area contributed by atoms with E-state index in [1.165, 1.54) is 19.1 Å². The van der Waals surface area contributed by atoms with Gasteiger partial charge in [-0.05, 0) is 19.1 Å². The summed E-state index contributed by atoms with van der Waals surface area (Å²) in [6.45, 7) is 5.36. The summed E-state index contributed by atoms with van der Waals surface area (Å²) in [5, 5.41) is 11.7. The molecular formula is C11H15NO3. The molecule has 82 valence electrons. The van der Waals surface area contributed by atoms with E-state index in [2.05, 4.69) is 5.32 Å². The molecule has 0 aliphatic rings. The Morgan fingerprint density at radius 2 is 2.00 bits per heavy atom. The molecule has 0 spiro atoms. The molecule has 0 atom stereocenters. The molecule has 4 nitrogen and oxygen atoms in total. The van der Waals surface area contributed by atoms with Gasteiger partial charge in [0.1, 0.15) is 5.75 Å². The van der Waals surface area contributed by atoms with Gasteiger partial charge in [0.15, 0.2) is 5.78 Å². The van der Waals surface area contributed by atoms with Gasteiger partial charge in [-0.25, -0.2) is 0 Å². The summed E-state index contributed by atoms with van der Waals surface area (Å²) in [7, 11) is 0. The van der Waals surface area contributed by atoms with Crippen LogP contribution in [0, 0.1) is 0 Å². The Hall–Kier alpha value is -1.84. The van der Waals surface area contributed by atoms with Crippen LogP contribution in [-0.4, -0.2) is 17.3 Å². The van der Waals surface area contributed by atoms with E-state index in [1.54, 1.807) is 6.07 Å². The minimum Gasteiger partial charge on any atom is -0.507 e. The highest BCUT2D eigenvalue weighted by molar-refractivity contribution is 5.97. The fourth-order valence-corrected chi connectivity index (χ4v) is 0.987. The third kappa shape index (κ3) is 3.81. The monoisotopic (exact) mass is 209 g/mol. The predicted octanol–water partition coefficient (Wildman–Crippen LogP) is 2.19. The molecule has 0 radical (unpaired) electrons. The zero-order chi connectivity index (χ0) is 11.8. The van der Waals surface area contributed by atoms with Gasteiger partial charge in [-0.1, -0.05) is 13.8 Å². The summed E-state index contributed by atoms with van der Waals surface area (Å²) in [5.74, 6) is -0.338. The molecule has 1 aromatic carbocycles. The van der Waals surface area contributed by atoms with Crippen molar-refractivity contribution in [2.75, 3.05) is 5.32 Å². The van der Waals surface area contributed by atoms with Gasteiger partial charge in [0.2, 0.25) is 6.41 Å². The summed E-state index contributed by atoms with van der Waals surface area (Å²) in [6.07, 6.45) is 0.502. The maximum atomic E-state index is 10.9. The highest BCUT2D eigenvalue weighted by atomic mass is 16.3. The Kier molecular flexibility index (Phi) is 5.78. The van der Waals surface area contributed by atoms with Crippen molar-refractivity contribution in [3.8, 4) is 5.75 Å². The molecule has 0 saturated heterocycles. The van der Waals surface area contributed by atoms with E-state index in [1.807, 2.05) is 13.8 Å². The lowest BCUT2D eigenvalue weighted by Gasteiger charge is -2.02. The number of rotatable bonds is 3. The lowest BCUT2D eigenvalue weighted by molar-refractivity contribution is -0.105. The van der Waals surface area contributed by atoms with Crippen LogP contribution in [0.3, 0.4) is 0 Å². The molecule has 1 aromatic rings. The summed E-state index contributed by atoms with van der Waals surface area (Å²) in [4.78, 5) is 20.9. The number of phenolic OH excluding ortho intramolecular Hbond substituents is 1. The van der Waals surface area contributed by atoms with Crippen molar-refractivity contribution < 1.29 is 14.7 Å². The summed E-state index contributed by atoms with van der Waals surface area (Å²) >= 11 is 0. The van der Waals surface area contributed by atoms with E-state index in [9.17, 15) is 14.7 Å². The van der Waals surface area contributed by atoms with Crippen molar-refractivity contribution in [2.24, 2.45) is 0 Å². The molecular weight excluding hydrogens is 194 g/mol. The van der Waals surface area contributed by atoms with E-state index >= 15 is 0 Å². The Labute approximate surface area is 88.9 Å². The van der Waals surface area contributed by atoms with Crippen molar-refractivity contribution >= 4 is 17.9 Å². The van der Waals surface area contributed by atoms with E-state index in [0.29, 0.717) is 12.1 Å². The van der Waals surface area contributed by atoms with Crippen LogP contribution in [0.5, 0.6) is 5.75 Å². The van der Waals surface area contributed by atoms with Crippen LogP contribution >= 0.6 is 0 Å². The molecule has 0 bridgehead atoms. The van der Waals surface area contributed by atoms with Crippen LogP contribution in [-0.2, 0) is 4.79 Å². The van der Waals surface area contributed by atoms with Crippen molar-refractivity contribution in [2.45, 2.75) is 20.8 Å². The van der Waals surface area contributed by atoms with E-state index < -0.39 is 0 Å². The third-order valence-electron chi connectivity index (χ3n) is 1.60. The first-order valence-corrected chi connectivity index (χ1v) is 4.69. The predicted molar refractivity (Wildman–Crippen MR) is 59.1 cm³/mol. The highest BCUT2D eigenvalue weighted by Gasteiger charge is 2.05. The third-order valence-corrected chi connectivity index (χ3v) is 1.60. The summed E-state index contributed by atoms with van der Waals surface area (Å²) in [5.41, 5.74) is 0.703. The van der Waals surface area contributed by atoms with Gasteiger partial charge in [0, 0.05) is 11.8 Å². The van der Waals surface area contributed by atoms with Crippen LogP contribution < -0.4 is 5.32 Å². The normalized spacial score (nSPS) is 8.47. The number of carbonyl (C=O) groups excluding carboxylic acids is 2. The number of Topliss-reactive ketones (excluding diaryl/α,β-unsaturated/α-hetero) is 1. The van der Waals surface area contributed by atoms with Crippen LogP contribution in [0.15, 0.2) is 18.2 Å². The van der Waals surface area contributed by atoms with Crippen LogP contribution in [0.4, 0.5) is 5.69 Å². The number of phenols is 1. The molecule has 0 unspecified atom stereocenters. The average molecular weight is 209 g/mol. The minimum atomic E-state index is -0.213. The second-order valence-electron chi connectivity index (χ2n) is 2.55. The van der Waals surface area contributed by atoms with Crippen LogP contribution in [0.25, 0.3) is 0 Å². The second kappa shape index (κ2) is 6.59. The fourth-order valence-electron chi connectivity index (χ4n) is 0.987. The number of hydrogen-bond donors (Lipinski definition) is 2. The topological polar surface area (TPSA) is 66.4 Å². The number of benzene rings is 1.